The Labute approximate surface area is 189 Å². The van der Waals surface area contributed by atoms with Gasteiger partial charge < -0.3 is 9.72 Å². The molecule has 158 valence electrons. The van der Waals surface area contributed by atoms with Gasteiger partial charge in [-0.25, -0.2) is 16.8 Å². The molecule has 0 atom stereocenters. The van der Waals surface area contributed by atoms with Gasteiger partial charge in [0.25, 0.3) is 5.56 Å². The highest BCUT2D eigenvalue weighted by molar-refractivity contribution is 9.11. The molecule has 7 nitrogen and oxygen atoms in total. The zero-order valence-corrected chi connectivity index (χ0v) is 20.2. The molecule has 1 heterocycles. The second kappa shape index (κ2) is 8.66. The summed E-state index contributed by atoms with van der Waals surface area (Å²) in [6, 6.07) is 11.0. The highest BCUT2D eigenvalue weighted by Gasteiger charge is 2.26. The van der Waals surface area contributed by atoms with E-state index >= 15 is 0 Å². The third-order valence-electron chi connectivity index (χ3n) is 4.08. The Balaban J connectivity index is 1.94. The molecule has 0 unspecified atom stereocenters. The second-order valence-electron chi connectivity index (χ2n) is 6.28. The van der Waals surface area contributed by atoms with Crippen molar-refractivity contribution in [2.75, 3.05) is 12.2 Å². The molecule has 0 saturated heterocycles. The standard InChI is InChI=1S/C19H15Br2NO6S2/c1-28-14-4-2-12(3-5-14)6-7-29(24,25)11-30(26,27)18-10-15-16(21)8-13(20)9-17(15)22-19(18)23/h2-10H,11H2,1H3,(H,22,23)/b7-6+. The molecule has 0 aliphatic heterocycles. The van der Waals surface area contributed by atoms with Crippen molar-refractivity contribution in [2.24, 2.45) is 0 Å². The molecular weight excluding hydrogens is 562 g/mol. The summed E-state index contributed by atoms with van der Waals surface area (Å²) in [5.74, 6) is 0.603. The number of rotatable bonds is 6. The first-order valence-corrected chi connectivity index (χ1v) is 13.3. The molecule has 0 radical (unpaired) electrons. The third kappa shape index (κ3) is 5.20. The number of aromatic nitrogens is 1. The van der Waals surface area contributed by atoms with Gasteiger partial charge in [-0.1, -0.05) is 44.0 Å². The lowest BCUT2D eigenvalue weighted by molar-refractivity contribution is 0.415. The Kier molecular flexibility index (Phi) is 6.56. The molecule has 0 aliphatic rings. The van der Waals surface area contributed by atoms with Crippen molar-refractivity contribution in [3.05, 3.63) is 72.7 Å². The normalized spacial score (nSPS) is 12.5. The smallest absolute Gasteiger partial charge is 0.267 e. The molecular formula is C19H15Br2NO6S2. The van der Waals surface area contributed by atoms with Crippen molar-refractivity contribution in [3.8, 4) is 5.75 Å². The van der Waals surface area contributed by atoms with Crippen LogP contribution in [0.15, 0.2) is 66.5 Å². The Morgan fingerprint density at radius 3 is 2.33 bits per heavy atom. The Hall–Kier alpha value is -1.95. The first-order chi connectivity index (χ1) is 14.0. The van der Waals surface area contributed by atoms with E-state index in [1.807, 2.05) is 0 Å². The minimum Gasteiger partial charge on any atom is -0.497 e. The molecule has 30 heavy (non-hydrogen) atoms. The number of pyridine rings is 1. The van der Waals surface area contributed by atoms with Crippen LogP contribution in [0.1, 0.15) is 5.56 Å². The van der Waals surface area contributed by atoms with Crippen LogP contribution in [-0.4, -0.2) is 34.0 Å². The lowest BCUT2D eigenvalue weighted by atomic mass is 10.2. The average Bonchev–Trinajstić information content (AvgIpc) is 2.65. The molecule has 3 aromatic rings. The number of sulfone groups is 2. The van der Waals surface area contributed by atoms with E-state index < -0.39 is 35.2 Å². The van der Waals surface area contributed by atoms with Gasteiger partial charge in [0.2, 0.25) is 0 Å². The predicted molar refractivity (Wildman–Crippen MR) is 123 cm³/mol. The van der Waals surface area contributed by atoms with Crippen LogP contribution < -0.4 is 10.3 Å². The largest absolute Gasteiger partial charge is 0.497 e. The second-order valence-corrected chi connectivity index (χ2v) is 12.3. The minimum absolute atomic E-state index is 0.405. The van der Waals surface area contributed by atoms with Gasteiger partial charge in [-0.2, -0.15) is 0 Å². The van der Waals surface area contributed by atoms with E-state index in [2.05, 4.69) is 36.8 Å². The quantitative estimate of drug-likeness (QED) is 0.477. The van der Waals surface area contributed by atoms with Gasteiger partial charge in [-0.15, -0.1) is 0 Å². The summed E-state index contributed by atoms with van der Waals surface area (Å²) in [5, 5.41) is 0.0202. The number of hydrogen-bond donors (Lipinski definition) is 1. The molecule has 0 saturated carbocycles. The van der Waals surface area contributed by atoms with E-state index in [0.717, 1.165) is 5.41 Å². The first-order valence-electron chi connectivity index (χ1n) is 8.30. The van der Waals surface area contributed by atoms with Gasteiger partial charge in [0.05, 0.1) is 12.6 Å². The lowest BCUT2D eigenvalue weighted by Crippen LogP contribution is -2.23. The molecule has 0 fully saturated rings. The Morgan fingerprint density at radius 2 is 1.70 bits per heavy atom. The molecule has 1 N–H and O–H groups in total. The predicted octanol–water partition coefficient (Wildman–Crippen LogP) is 3.88. The lowest BCUT2D eigenvalue weighted by Gasteiger charge is -2.07. The fraction of sp³-hybridized carbons (Fsp3) is 0.105. The molecule has 11 heteroatoms. The van der Waals surface area contributed by atoms with Gasteiger partial charge >= 0.3 is 0 Å². The maximum atomic E-state index is 12.7. The Morgan fingerprint density at radius 1 is 1.03 bits per heavy atom. The molecule has 0 amide bonds. The van der Waals surface area contributed by atoms with Crippen LogP contribution in [0.5, 0.6) is 5.75 Å². The van der Waals surface area contributed by atoms with Crippen LogP contribution in [0.4, 0.5) is 0 Å². The van der Waals surface area contributed by atoms with Crippen LogP contribution in [0, 0.1) is 0 Å². The number of halogens is 2. The monoisotopic (exact) mass is 575 g/mol. The van der Waals surface area contributed by atoms with Crippen molar-refractivity contribution in [3.63, 3.8) is 0 Å². The van der Waals surface area contributed by atoms with Crippen molar-refractivity contribution < 1.29 is 21.6 Å². The van der Waals surface area contributed by atoms with Gasteiger partial charge in [-0.3, -0.25) is 4.79 Å². The van der Waals surface area contributed by atoms with Crippen molar-refractivity contribution >= 4 is 68.5 Å². The van der Waals surface area contributed by atoms with Gasteiger partial charge in [0.1, 0.15) is 10.6 Å². The molecule has 3 rings (SSSR count). The van der Waals surface area contributed by atoms with Crippen LogP contribution in [0.3, 0.4) is 0 Å². The van der Waals surface area contributed by atoms with Crippen LogP contribution in [-0.2, 0) is 19.7 Å². The topological polar surface area (TPSA) is 110 Å². The number of hydrogen-bond acceptors (Lipinski definition) is 6. The fourth-order valence-electron chi connectivity index (χ4n) is 2.66. The fourth-order valence-corrected chi connectivity index (χ4v) is 7.55. The van der Waals surface area contributed by atoms with E-state index in [1.165, 1.54) is 19.3 Å². The number of benzene rings is 2. The van der Waals surface area contributed by atoms with Crippen molar-refractivity contribution in [2.45, 2.75) is 4.90 Å². The van der Waals surface area contributed by atoms with Crippen LogP contribution >= 0.6 is 31.9 Å². The first kappa shape index (κ1) is 22.7. The molecule has 0 spiro atoms. The van der Waals surface area contributed by atoms with Crippen LogP contribution in [0.2, 0.25) is 0 Å². The molecule has 2 aromatic carbocycles. The van der Waals surface area contributed by atoms with Crippen molar-refractivity contribution in [1.29, 1.82) is 0 Å². The molecule has 0 aliphatic carbocycles. The molecule has 1 aromatic heterocycles. The van der Waals surface area contributed by atoms with E-state index in [-0.39, 0.29) is 0 Å². The summed E-state index contributed by atoms with van der Waals surface area (Å²) in [5.41, 5.74) is 0.0686. The SMILES string of the molecule is COc1ccc(/C=C/S(=O)(=O)CS(=O)(=O)c2cc3c(Br)cc(Br)cc3[nH]c2=O)cc1. The number of methoxy groups -OCH3 is 1. The highest BCUT2D eigenvalue weighted by atomic mass is 79.9. The number of fused-ring (bicyclic) bond motifs is 1. The van der Waals surface area contributed by atoms with E-state index in [1.54, 1.807) is 36.4 Å². The van der Waals surface area contributed by atoms with Gasteiger partial charge in [0, 0.05) is 19.7 Å². The zero-order valence-electron chi connectivity index (χ0n) is 15.4. The summed E-state index contributed by atoms with van der Waals surface area (Å²) in [6.45, 7) is 0. The summed E-state index contributed by atoms with van der Waals surface area (Å²) < 4.78 is 56.4. The minimum atomic E-state index is -4.42. The van der Waals surface area contributed by atoms with Gasteiger partial charge in [0.15, 0.2) is 24.8 Å². The average molecular weight is 577 g/mol. The Bertz CT molecular complexity index is 1410. The maximum absolute atomic E-state index is 12.7. The number of ether oxygens (including phenoxy) is 1. The zero-order chi connectivity index (χ0) is 22.1. The number of H-pyrrole nitrogens is 1. The van der Waals surface area contributed by atoms with Crippen LogP contribution in [0.25, 0.3) is 17.0 Å². The third-order valence-corrected chi connectivity index (χ3v) is 9.27. The summed E-state index contributed by atoms with van der Waals surface area (Å²) >= 11 is 6.60. The maximum Gasteiger partial charge on any atom is 0.267 e. The van der Waals surface area contributed by atoms with E-state index in [4.69, 9.17) is 4.74 Å². The van der Waals surface area contributed by atoms with E-state index in [0.29, 0.717) is 31.2 Å². The van der Waals surface area contributed by atoms with E-state index in [9.17, 15) is 21.6 Å². The number of aromatic amines is 1. The highest BCUT2D eigenvalue weighted by Crippen LogP contribution is 2.28. The molecule has 0 bridgehead atoms. The van der Waals surface area contributed by atoms with Crippen molar-refractivity contribution in [1.82, 2.24) is 4.98 Å². The summed E-state index contributed by atoms with van der Waals surface area (Å²) in [7, 11) is -7.07. The summed E-state index contributed by atoms with van der Waals surface area (Å²) in [4.78, 5) is 14.2. The number of nitrogens with one attached hydrogen (secondary N) is 1. The summed E-state index contributed by atoms with van der Waals surface area (Å²) in [6.07, 6.45) is 1.28. The van der Waals surface area contributed by atoms with Gasteiger partial charge in [-0.05, 0) is 42.0 Å².